The van der Waals surface area contributed by atoms with Gasteiger partial charge in [0.1, 0.15) is 0 Å². The summed E-state index contributed by atoms with van der Waals surface area (Å²) in [6.45, 7) is 2.02. The van der Waals surface area contributed by atoms with Crippen LogP contribution in [-0.4, -0.2) is 30.0 Å². The zero-order chi connectivity index (χ0) is 13.1. The average Bonchev–Trinajstić information content (AvgIpc) is 2.30. The van der Waals surface area contributed by atoms with Gasteiger partial charge in [0.2, 0.25) is 5.91 Å². The highest BCUT2D eigenvalue weighted by molar-refractivity contribution is 7.98. The van der Waals surface area contributed by atoms with Crippen molar-refractivity contribution >= 4 is 30.1 Å². The van der Waals surface area contributed by atoms with Crippen LogP contribution in [0.2, 0.25) is 0 Å². The van der Waals surface area contributed by atoms with E-state index in [1.54, 1.807) is 11.8 Å². The number of halogens is 1. The number of fused-ring (bicyclic) bond motifs is 2. The molecule has 0 aromatic rings. The molecule has 19 heavy (non-hydrogen) atoms. The van der Waals surface area contributed by atoms with Gasteiger partial charge in [-0.2, -0.15) is 11.8 Å². The monoisotopic (exact) mass is 306 g/mol. The summed E-state index contributed by atoms with van der Waals surface area (Å²) in [7, 11) is 0. The predicted octanol–water partition coefficient (Wildman–Crippen LogP) is 2.43. The fourth-order valence-electron chi connectivity index (χ4n) is 3.66. The van der Waals surface area contributed by atoms with Crippen LogP contribution < -0.4 is 11.1 Å². The van der Waals surface area contributed by atoms with Crippen LogP contribution in [0, 0.1) is 17.8 Å². The molecule has 2 fully saturated rings. The van der Waals surface area contributed by atoms with Gasteiger partial charge < -0.3 is 11.1 Å². The molecule has 112 valence electrons. The van der Waals surface area contributed by atoms with Crippen LogP contribution in [0.15, 0.2) is 0 Å². The normalized spacial score (nSPS) is 35.1. The Balaban J connectivity index is 0.00000180. The summed E-state index contributed by atoms with van der Waals surface area (Å²) in [5, 5.41) is 3.32. The molecule has 1 amide bonds. The second kappa shape index (κ2) is 7.75. The van der Waals surface area contributed by atoms with Crippen molar-refractivity contribution in [2.24, 2.45) is 23.5 Å². The highest BCUT2D eigenvalue weighted by Crippen LogP contribution is 2.39. The van der Waals surface area contributed by atoms with Gasteiger partial charge in [0.15, 0.2) is 0 Å². The standard InChI is InChI=1S/C14H26N2OS.ClH/c1-9(8-18-2)14(17)16-13-10-4-3-5-11(13)7-12(15)6-10;/h9-13H,3-8,15H2,1-2H3,(H,16,17);1H. The van der Waals surface area contributed by atoms with E-state index in [0.29, 0.717) is 23.9 Å². The van der Waals surface area contributed by atoms with Crippen LogP contribution in [0.3, 0.4) is 0 Å². The van der Waals surface area contributed by atoms with Crippen LogP contribution in [0.4, 0.5) is 0 Å². The predicted molar refractivity (Wildman–Crippen MR) is 84.8 cm³/mol. The van der Waals surface area contributed by atoms with Gasteiger partial charge in [0.25, 0.3) is 0 Å². The van der Waals surface area contributed by atoms with Gasteiger partial charge in [-0.1, -0.05) is 13.3 Å². The maximum atomic E-state index is 12.2. The molecule has 3 unspecified atom stereocenters. The first-order valence-electron chi connectivity index (χ1n) is 7.16. The summed E-state index contributed by atoms with van der Waals surface area (Å²) < 4.78 is 0. The van der Waals surface area contributed by atoms with E-state index >= 15 is 0 Å². The van der Waals surface area contributed by atoms with Crippen molar-refractivity contribution in [2.75, 3.05) is 12.0 Å². The summed E-state index contributed by atoms with van der Waals surface area (Å²) in [6, 6.07) is 0.757. The molecule has 2 rings (SSSR count). The molecular weight excluding hydrogens is 280 g/mol. The molecule has 0 saturated heterocycles. The van der Waals surface area contributed by atoms with Gasteiger partial charge in [-0.05, 0) is 43.8 Å². The quantitative estimate of drug-likeness (QED) is 0.839. The molecule has 2 aliphatic carbocycles. The SMILES string of the molecule is CSCC(C)C(=O)NC1C2CCCC1CC(N)C2.Cl. The third-order valence-corrected chi connectivity index (χ3v) is 5.38. The molecule has 0 heterocycles. The van der Waals surface area contributed by atoms with E-state index in [4.69, 9.17) is 5.73 Å². The topological polar surface area (TPSA) is 55.1 Å². The molecule has 2 bridgehead atoms. The molecule has 5 heteroatoms. The second-order valence-electron chi connectivity index (χ2n) is 6.07. The lowest BCUT2D eigenvalue weighted by molar-refractivity contribution is -0.126. The van der Waals surface area contributed by atoms with Crippen LogP contribution in [-0.2, 0) is 4.79 Å². The first kappa shape index (κ1) is 17.1. The Labute approximate surface area is 127 Å². The fourth-order valence-corrected chi connectivity index (χ4v) is 4.31. The van der Waals surface area contributed by atoms with E-state index < -0.39 is 0 Å². The lowest BCUT2D eigenvalue weighted by atomic mass is 9.67. The molecule has 2 aliphatic rings. The Bertz CT molecular complexity index is 289. The third-order valence-electron chi connectivity index (χ3n) is 4.55. The molecule has 3 nitrogen and oxygen atoms in total. The van der Waals surface area contributed by atoms with E-state index in [9.17, 15) is 4.79 Å². The number of amides is 1. The first-order valence-corrected chi connectivity index (χ1v) is 8.56. The second-order valence-corrected chi connectivity index (χ2v) is 6.98. The Morgan fingerprint density at radius 3 is 2.47 bits per heavy atom. The zero-order valence-corrected chi connectivity index (χ0v) is 13.6. The number of carbonyl (C=O) groups excluding carboxylic acids is 1. The Hall–Kier alpha value is 0.0700. The smallest absolute Gasteiger partial charge is 0.223 e. The number of rotatable bonds is 4. The van der Waals surface area contributed by atoms with Crippen molar-refractivity contribution in [1.82, 2.24) is 5.32 Å². The van der Waals surface area contributed by atoms with Gasteiger partial charge >= 0.3 is 0 Å². The number of nitrogens with two attached hydrogens (primary N) is 1. The largest absolute Gasteiger partial charge is 0.353 e. The van der Waals surface area contributed by atoms with Crippen LogP contribution in [0.5, 0.6) is 0 Å². The van der Waals surface area contributed by atoms with Crippen molar-refractivity contribution in [3.8, 4) is 0 Å². The Morgan fingerprint density at radius 1 is 1.37 bits per heavy atom. The van der Waals surface area contributed by atoms with E-state index in [1.165, 1.54) is 19.3 Å². The molecule has 3 atom stereocenters. The summed E-state index contributed by atoms with van der Waals surface area (Å²) >= 11 is 1.74. The average molecular weight is 307 g/mol. The van der Waals surface area contributed by atoms with Crippen molar-refractivity contribution in [3.05, 3.63) is 0 Å². The highest BCUT2D eigenvalue weighted by atomic mass is 35.5. The molecule has 0 spiro atoms. The maximum absolute atomic E-state index is 12.2. The van der Waals surface area contributed by atoms with E-state index in [2.05, 4.69) is 11.6 Å². The van der Waals surface area contributed by atoms with Crippen molar-refractivity contribution < 1.29 is 4.79 Å². The zero-order valence-electron chi connectivity index (χ0n) is 11.9. The third kappa shape index (κ3) is 4.27. The highest BCUT2D eigenvalue weighted by Gasteiger charge is 2.40. The molecule has 0 aliphatic heterocycles. The number of nitrogens with one attached hydrogen (secondary N) is 1. The number of carbonyl (C=O) groups is 1. The van der Waals surface area contributed by atoms with Crippen LogP contribution in [0.25, 0.3) is 0 Å². The fraction of sp³-hybridized carbons (Fsp3) is 0.929. The maximum Gasteiger partial charge on any atom is 0.223 e. The van der Waals surface area contributed by atoms with Gasteiger partial charge in [0.05, 0.1) is 0 Å². The molecule has 0 radical (unpaired) electrons. The van der Waals surface area contributed by atoms with Gasteiger partial charge in [-0.3, -0.25) is 4.79 Å². The minimum absolute atomic E-state index is 0. The summed E-state index contributed by atoms with van der Waals surface area (Å²) in [5.41, 5.74) is 6.11. The summed E-state index contributed by atoms with van der Waals surface area (Å²) in [4.78, 5) is 12.2. The molecule has 3 N–H and O–H groups in total. The lowest BCUT2D eigenvalue weighted by Crippen LogP contribution is -2.54. The minimum atomic E-state index is 0. The summed E-state index contributed by atoms with van der Waals surface area (Å²) in [6.07, 6.45) is 8.04. The Morgan fingerprint density at radius 2 is 1.95 bits per heavy atom. The number of hydrogen-bond acceptors (Lipinski definition) is 3. The number of thioether (sulfide) groups is 1. The molecule has 2 saturated carbocycles. The van der Waals surface area contributed by atoms with Gasteiger partial charge in [-0.15, -0.1) is 12.4 Å². The van der Waals surface area contributed by atoms with E-state index in [0.717, 1.165) is 18.6 Å². The van der Waals surface area contributed by atoms with Crippen molar-refractivity contribution in [1.29, 1.82) is 0 Å². The Kier molecular flexibility index (Phi) is 6.98. The van der Waals surface area contributed by atoms with Crippen LogP contribution >= 0.6 is 24.2 Å². The summed E-state index contributed by atoms with van der Waals surface area (Å²) in [5.74, 6) is 2.52. The lowest BCUT2D eigenvalue weighted by Gasteiger charge is -2.45. The number of hydrogen-bond donors (Lipinski definition) is 2. The van der Waals surface area contributed by atoms with Crippen molar-refractivity contribution in [3.63, 3.8) is 0 Å². The van der Waals surface area contributed by atoms with Crippen molar-refractivity contribution in [2.45, 2.75) is 51.1 Å². The first-order chi connectivity index (χ1) is 8.61. The molecule has 0 aromatic heterocycles. The van der Waals surface area contributed by atoms with E-state index in [-0.39, 0.29) is 24.2 Å². The molecule has 0 aromatic carbocycles. The molecular formula is C14H27ClN2OS. The minimum Gasteiger partial charge on any atom is -0.353 e. The van der Waals surface area contributed by atoms with Gasteiger partial charge in [-0.25, -0.2) is 0 Å². The van der Waals surface area contributed by atoms with Crippen LogP contribution in [0.1, 0.15) is 39.0 Å². The van der Waals surface area contributed by atoms with E-state index in [1.807, 2.05) is 6.92 Å². The van der Waals surface area contributed by atoms with Gasteiger partial charge in [0, 0.05) is 23.8 Å².